The molecule has 118 valence electrons. The average Bonchev–Trinajstić information content (AvgIpc) is 3.12. The van der Waals surface area contributed by atoms with Crippen LogP contribution in [-0.4, -0.2) is 48.9 Å². The summed E-state index contributed by atoms with van der Waals surface area (Å²) in [7, 11) is 0. The maximum Gasteiger partial charge on any atom is 0.257 e. The van der Waals surface area contributed by atoms with Crippen molar-refractivity contribution < 1.29 is 4.79 Å². The highest BCUT2D eigenvalue weighted by Crippen LogP contribution is 2.24. The van der Waals surface area contributed by atoms with Crippen molar-refractivity contribution in [3.8, 4) is 0 Å². The third-order valence-corrected chi connectivity index (χ3v) is 4.24. The lowest BCUT2D eigenvalue weighted by atomic mass is 10.0. The van der Waals surface area contributed by atoms with E-state index in [0.717, 1.165) is 43.1 Å². The number of aromatic amines is 1. The van der Waals surface area contributed by atoms with E-state index in [-0.39, 0.29) is 11.9 Å². The first-order chi connectivity index (χ1) is 10.6. The first-order valence-corrected chi connectivity index (χ1v) is 7.81. The molecule has 0 aromatic carbocycles. The van der Waals surface area contributed by atoms with Gasteiger partial charge in [0.05, 0.1) is 17.8 Å². The van der Waals surface area contributed by atoms with Crippen LogP contribution in [0, 0.1) is 13.8 Å². The van der Waals surface area contributed by atoms with E-state index in [0.29, 0.717) is 12.1 Å². The molecule has 1 N–H and O–H groups in total. The zero-order valence-electron chi connectivity index (χ0n) is 13.3. The maximum atomic E-state index is 12.7. The first-order valence-electron chi connectivity index (χ1n) is 7.81. The fourth-order valence-electron chi connectivity index (χ4n) is 3.16. The number of piperidine rings is 1. The molecule has 1 fully saturated rings. The smallest absolute Gasteiger partial charge is 0.257 e. The normalized spacial score (nSPS) is 18.7. The van der Waals surface area contributed by atoms with Gasteiger partial charge < -0.3 is 4.90 Å². The minimum absolute atomic E-state index is 0.0600. The van der Waals surface area contributed by atoms with Gasteiger partial charge in [-0.1, -0.05) is 6.92 Å². The Hall–Kier alpha value is -2.18. The van der Waals surface area contributed by atoms with Gasteiger partial charge in [-0.15, -0.1) is 0 Å². The number of nitrogens with zero attached hydrogens (tertiary/aromatic N) is 5. The number of rotatable bonds is 3. The van der Waals surface area contributed by atoms with E-state index in [4.69, 9.17) is 0 Å². The van der Waals surface area contributed by atoms with Crippen LogP contribution in [0.5, 0.6) is 0 Å². The molecule has 22 heavy (non-hydrogen) atoms. The number of nitrogens with one attached hydrogen (secondary N) is 1. The Balaban J connectivity index is 1.78. The molecule has 3 heterocycles. The number of carbonyl (C=O) groups is 1. The highest BCUT2D eigenvalue weighted by atomic mass is 16.2. The van der Waals surface area contributed by atoms with Crippen molar-refractivity contribution >= 4 is 5.91 Å². The monoisotopic (exact) mass is 302 g/mol. The molecular weight excluding hydrogens is 280 g/mol. The van der Waals surface area contributed by atoms with Crippen molar-refractivity contribution in [2.75, 3.05) is 13.1 Å². The number of carbonyl (C=O) groups excluding carboxylic acids is 1. The minimum Gasteiger partial charge on any atom is -0.336 e. The van der Waals surface area contributed by atoms with E-state index >= 15 is 0 Å². The molecule has 0 bridgehead atoms. The summed E-state index contributed by atoms with van der Waals surface area (Å²) in [6, 6.07) is 0.205. The van der Waals surface area contributed by atoms with Crippen molar-refractivity contribution in [1.29, 1.82) is 0 Å². The van der Waals surface area contributed by atoms with Crippen LogP contribution in [0.2, 0.25) is 0 Å². The maximum absolute atomic E-state index is 12.7. The van der Waals surface area contributed by atoms with Gasteiger partial charge in [-0.3, -0.25) is 9.89 Å². The quantitative estimate of drug-likeness (QED) is 0.935. The minimum atomic E-state index is 0.0600. The lowest BCUT2D eigenvalue weighted by molar-refractivity contribution is 0.0670. The Morgan fingerprint density at radius 1 is 1.45 bits per heavy atom. The van der Waals surface area contributed by atoms with Gasteiger partial charge in [0.2, 0.25) is 0 Å². The molecule has 2 aromatic heterocycles. The molecule has 3 rings (SSSR count). The third kappa shape index (κ3) is 2.63. The largest absolute Gasteiger partial charge is 0.336 e. The van der Waals surface area contributed by atoms with Crippen LogP contribution in [0.1, 0.15) is 53.5 Å². The second kappa shape index (κ2) is 5.90. The fourth-order valence-corrected chi connectivity index (χ4v) is 3.16. The van der Waals surface area contributed by atoms with Crippen molar-refractivity contribution in [2.24, 2.45) is 0 Å². The highest BCUT2D eigenvalue weighted by Gasteiger charge is 2.28. The Morgan fingerprint density at radius 2 is 2.27 bits per heavy atom. The summed E-state index contributed by atoms with van der Waals surface area (Å²) in [5.74, 6) is 1.75. The SMILES string of the molecule is CCc1[nH]ncc1C(=O)N1CCC[C@@H](n2nc(C)nc2C)C1. The standard InChI is InChI=1S/C15H22N6O/c1-4-14-13(8-16-18-14)15(22)20-7-5-6-12(9-20)21-11(3)17-10(2)19-21/h8,12H,4-7,9H2,1-3H3,(H,16,18)/t12-/m1/s1. The molecule has 1 aliphatic rings. The lowest BCUT2D eigenvalue weighted by Gasteiger charge is -2.33. The molecule has 2 aromatic rings. The van der Waals surface area contributed by atoms with E-state index in [1.807, 2.05) is 30.4 Å². The van der Waals surface area contributed by atoms with Gasteiger partial charge in [0.25, 0.3) is 5.91 Å². The summed E-state index contributed by atoms with van der Waals surface area (Å²) < 4.78 is 1.96. The number of H-pyrrole nitrogens is 1. The summed E-state index contributed by atoms with van der Waals surface area (Å²) in [5, 5.41) is 11.4. The Kier molecular flexibility index (Phi) is 3.96. The van der Waals surface area contributed by atoms with Crippen molar-refractivity contribution in [2.45, 2.75) is 46.1 Å². The highest BCUT2D eigenvalue weighted by molar-refractivity contribution is 5.95. The van der Waals surface area contributed by atoms with E-state index in [1.165, 1.54) is 0 Å². The summed E-state index contributed by atoms with van der Waals surface area (Å²) in [5.41, 5.74) is 1.59. The molecule has 7 heteroatoms. The molecule has 1 saturated heterocycles. The molecule has 0 saturated carbocycles. The van der Waals surface area contributed by atoms with Crippen LogP contribution in [0.25, 0.3) is 0 Å². The lowest BCUT2D eigenvalue weighted by Crippen LogP contribution is -2.41. The van der Waals surface area contributed by atoms with Gasteiger partial charge in [0.1, 0.15) is 11.6 Å². The van der Waals surface area contributed by atoms with E-state index in [2.05, 4.69) is 20.3 Å². The van der Waals surface area contributed by atoms with Crippen LogP contribution in [0.4, 0.5) is 0 Å². The van der Waals surface area contributed by atoms with Crippen molar-refractivity contribution in [3.63, 3.8) is 0 Å². The fraction of sp³-hybridized carbons (Fsp3) is 0.600. The van der Waals surface area contributed by atoms with Gasteiger partial charge in [-0.2, -0.15) is 10.2 Å². The zero-order chi connectivity index (χ0) is 15.7. The number of amides is 1. The number of likely N-dealkylation sites (tertiary alicyclic amines) is 1. The number of aromatic nitrogens is 5. The predicted octanol–water partition coefficient (Wildman–Crippen LogP) is 1.66. The van der Waals surface area contributed by atoms with E-state index < -0.39 is 0 Å². The van der Waals surface area contributed by atoms with Crippen LogP contribution >= 0.6 is 0 Å². The van der Waals surface area contributed by atoms with Crippen LogP contribution < -0.4 is 0 Å². The summed E-state index contributed by atoms with van der Waals surface area (Å²) in [6.45, 7) is 7.35. The second-order valence-electron chi connectivity index (χ2n) is 5.81. The molecule has 0 radical (unpaired) electrons. The van der Waals surface area contributed by atoms with Gasteiger partial charge >= 0.3 is 0 Å². The molecule has 1 atom stereocenters. The van der Waals surface area contributed by atoms with Crippen LogP contribution in [0.15, 0.2) is 6.20 Å². The first kappa shape index (κ1) is 14.7. The number of hydrogen-bond acceptors (Lipinski definition) is 4. The molecular formula is C15H22N6O. The Labute approximate surface area is 129 Å². The predicted molar refractivity (Wildman–Crippen MR) is 81.6 cm³/mol. The summed E-state index contributed by atoms with van der Waals surface area (Å²) in [6.07, 6.45) is 4.42. The Morgan fingerprint density at radius 3 is 2.95 bits per heavy atom. The van der Waals surface area contributed by atoms with Gasteiger partial charge in [0.15, 0.2) is 0 Å². The van der Waals surface area contributed by atoms with E-state index in [9.17, 15) is 4.79 Å². The molecule has 7 nitrogen and oxygen atoms in total. The zero-order valence-corrected chi connectivity index (χ0v) is 13.3. The molecule has 0 unspecified atom stereocenters. The van der Waals surface area contributed by atoms with Crippen LogP contribution in [0.3, 0.4) is 0 Å². The second-order valence-corrected chi connectivity index (χ2v) is 5.81. The Bertz CT molecular complexity index is 673. The molecule has 0 spiro atoms. The number of aryl methyl sites for hydroxylation is 3. The average molecular weight is 302 g/mol. The molecule has 1 amide bonds. The molecule has 1 aliphatic heterocycles. The summed E-state index contributed by atoms with van der Waals surface area (Å²) in [4.78, 5) is 19.0. The van der Waals surface area contributed by atoms with E-state index in [1.54, 1.807) is 6.20 Å². The van der Waals surface area contributed by atoms with Crippen molar-refractivity contribution in [1.82, 2.24) is 29.9 Å². The van der Waals surface area contributed by atoms with Crippen LogP contribution in [-0.2, 0) is 6.42 Å². The van der Waals surface area contributed by atoms with Gasteiger partial charge in [-0.05, 0) is 33.1 Å². The van der Waals surface area contributed by atoms with Gasteiger partial charge in [0, 0.05) is 18.8 Å². The van der Waals surface area contributed by atoms with Gasteiger partial charge in [-0.25, -0.2) is 9.67 Å². The number of hydrogen-bond donors (Lipinski definition) is 1. The topological polar surface area (TPSA) is 79.7 Å². The van der Waals surface area contributed by atoms with Crippen molar-refractivity contribution in [3.05, 3.63) is 29.1 Å². The molecule has 0 aliphatic carbocycles. The third-order valence-electron chi connectivity index (χ3n) is 4.24. The summed E-state index contributed by atoms with van der Waals surface area (Å²) >= 11 is 0.